The minimum atomic E-state index is -5.68. The van der Waals surface area contributed by atoms with E-state index in [0.717, 1.165) is 0 Å². The molecule has 0 spiro atoms. The summed E-state index contributed by atoms with van der Waals surface area (Å²) in [5.74, 6) is 0. The molecule has 0 heterocycles. The van der Waals surface area contributed by atoms with Crippen LogP contribution >= 0.6 is 15.6 Å². The molecule has 0 aliphatic heterocycles. The van der Waals surface area contributed by atoms with Gasteiger partial charge in [-0.25, -0.2) is 0 Å². The average Bonchev–Trinajstić information content (AvgIpc) is 1.14. The van der Waals surface area contributed by atoms with Gasteiger partial charge in [0.25, 0.3) is 0 Å². The summed E-state index contributed by atoms with van der Waals surface area (Å²) in [5, 5.41) is 0. The molecule has 0 aromatic carbocycles. The fourth-order valence-electron chi connectivity index (χ4n) is 0.122. The predicted molar refractivity (Wildman–Crippen MR) is 22.1 cm³/mol. The first kappa shape index (κ1) is 25.2. The summed E-state index contributed by atoms with van der Waals surface area (Å²) in [5.41, 5.74) is 0. The zero-order chi connectivity index (χ0) is 7.71. The molecular formula is K2MgO7P2. The molecule has 0 radical (unpaired) electrons. The third-order valence-corrected chi connectivity index (χ3v) is 1.80. The molecule has 12 heteroatoms. The second-order valence-corrected chi connectivity index (χ2v) is 3.42. The summed E-state index contributed by atoms with van der Waals surface area (Å²) in [6.07, 6.45) is 0. The molecule has 0 aromatic heterocycles. The van der Waals surface area contributed by atoms with Crippen LogP contribution in [0.1, 0.15) is 0 Å². The van der Waals surface area contributed by atoms with Crippen LogP contribution in [0.5, 0.6) is 0 Å². The summed E-state index contributed by atoms with van der Waals surface area (Å²) < 4.78 is 21.2. The topological polar surface area (TPSA) is 136 Å². The van der Waals surface area contributed by atoms with Crippen molar-refractivity contribution in [2.75, 3.05) is 0 Å². The Labute approximate surface area is 170 Å². The number of hydrogen-bond acceptors (Lipinski definition) is 7. The van der Waals surface area contributed by atoms with E-state index in [0.29, 0.717) is 0 Å². The van der Waals surface area contributed by atoms with Crippen molar-refractivity contribution in [2.45, 2.75) is 0 Å². The zero-order valence-electron chi connectivity index (χ0n) is 6.46. The van der Waals surface area contributed by atoms with Gasteiger partial charge in [0.05, 0.1) is 15.6 Å². The maximum Gasteiger partial charge on any atom is 2.00 e. The van der Waals surface area contributed by atoms with Crippen LogP contribution in [0.4, 0.5) is 0 Å². The van der Waals surface area contributed by atoms with Gasteiger partial charge in [0.1, 0.15) is 0 Å². The van der Waals surface area contributed by atoms with Crippen LogP contribution in [0.15, 0.2) is 0 Å². The van der Waals surface area contributed by atoms with Crippen LogP contribution in [-0.2, 0) is 13.4 Å². The fourth-order valence-corrected chi connectivity index (χ4v) is 1.10. The van der Waals surface area contributed by atoms with Gasteiger partial charge in [-0.2, -0.15) is 0 Å². The van der Waals surface area contributed by atoms with Crippen LogP contribution in [0.25, 0.3) is 0 Å². The standard InChI is InChI=1S/2K.Mg.H4O7P2/c;;;1-8(2,3)7-9(4,5)6/h;;;(H2,1,2,3)(H2,4,5,6)/q2*+1;+2;/p-4. The Bertz CT molecular complexity index is 160. The minimum Gasteiger partial charge on any atom is -0.790 e. The molecule has 0 bridgehead atoms. The molecule has 0 saturated heterocycles. The Balaban J connectivity index is -0.000000107. The molecule has 0 unspecified atom stereocenters. The SMILES string of the molecule is O=P([O-])([O-])OP(=O)([O-])[O-].[K+].[K+].[Mg+2]. The number of hydrogen-bond donors (Lipinski definition) is 0. The Morgan fingerprint density at radius 1 is 0.833 bits per heavy atom. The van der Waals surface area contributed by atoms with Gasteiger partial charge in [-0.1, -0.05) is 0 Å². The molecule has 0 aliphatic rings. The summed E-state index contributed by atoms with van der Waals surface area (Å²) in [6.45, 7) is 0. The summed E-state index contributed by atoms with van der Waals surface area (Å²) in [7, 11) is -11.4. The molecule has 0 fully saturated rings. The first-order chi connectivity index (χ1) is 3.71. The molecule has 0 aliphatic carbocycles. The molecule has 12 heavy (non-hydrogen) atoms. The van der Waals surface area contributed by atoms with Crippen molar-refractivity contribution in [2.24, 2.45) is 0 Å². The van der Waals surface area contributed by atoms with Gasteiger partial charge >= 0.3 is 126 Å². The van der Waals surface area contributed by atoms with Crippen LogP contribution in [0.3, 0.4) is 0 Å². The predicted octanol–water partition coefficient (Wildman–Crippen LogP) is -9.71. The second kappa shape index (κ2) is 10.5. The average molecular weight is 276 g/mol. The van der Waals surface area contributed by atoms with E-state index in [2.05, 4.69) is 4.31 Å². The maximum absolute atomic E-state index is 9.32. The van der Waals surface area contributed by atoms with Gasteiger partial charge in [0, 0.05) is 0 Å². The van der Waals surface area contributed by atoms with E-state index in [1.807, 2.05) is 0 Å². The van der Waals surface area contributed by atoms with E-state index >= 15 is 0 Å². The Hall–Kier alpha value is 4.30. The maximum atomic E-state index is 9.32. The smallest absolute Gasteiger partial charge is 0.790 e. The van der Waals surface area contributed by atoms with Gasteiger partial charge in [-0.15, -0.1) is 0 Å². The molecule has 0 rings (SSSR count). The van der Waals surface area contributed by atoms with Gasteiger partial charge in [0.2, 0.25) is 0 Å². The molecule has 7 nitrogen and oxygen atoms in total. The van der Waals surface area contributed by atoms with E-state index in [-0.39, 0.29) is 126 Å². The molecule has 0 amide bonds. The molecule has 0 aromatic rings. The quantitative estimate of drug-likeness (QED) is 0.361. The van der Waals surface area contributed by atoms with Gasteiger partial charge < -0.3 is 33.0 Å². The summed E-state index contributed by atoms with van der Waals surface area (Å²) >= 11 is 0. The third-order valence-electron chi connectivity index (χ3n) is 0.200. The monoisotopic (exact) mass is 276 g/mol. The molecule has 0 saturated carbocycles. The van der Waals surface area contributed by atoms with Crippen molar-refractivity contribution < 1.29 is 136 Å². The first-order valence-corrected chi connectivity index (χ1v) is 4.38. The second-order valence-electron chi connectivity index (χ2n) is 0.976. The van der Waals surface area contributed by atoms with Gasteiger partial charge in [0.15, 0.2) is 0 Å². The first-order valence-electron chi connectivity index (χ1n) is 1.46. The summed E-state index contributed by atoms with van der Waals surface area (Å²) in [4.78, 5) is 37.3. The van der Waals surface area contributed by atoms with Gasteiger partial charge in [-0.05, 0) is 0 Å². The summed E-state index contributed by atoms with van der Waals surface area (Å²) in [6, 6.07) is 0. The van der Waals surface area contributed by atoms with Crippen LogP contribution < -0.4 is 122 Å². The largest absolute Gasteiger partial charge is 2.00 e. The van der Waals surface area contributed by atoms with Crippen LogP contribution in [0, 0.1) is 0 Å². The zero-order valence-corrected chi connectivity index (χ0v) is 15.9. The van der Waals surface area contributed by atoms with E-state index < -0.39 is 15.6 Å². The van der Waals surface area contributed by atoms with Crippen molar-refractivity contribution in [3.05, 3.63) is 0 Å². The van der Waals surface area contributed by atoms with Crippen molar-refractivity contribution in [3.63, 3.8) is 0 Å². The van der Waals surface area contributed by atoms with Gasteiger partial charge in [-0.3, -0.25) is 0 Å². The molecule has 0 atom stereocenters. The van der Waals surface area contributed by atoms with E-state index in [1.54, 1.807) is 0 Å². The van der Waals surface area contributed by atoms with Crippen LogP contribution in [-0.4, -0.2) is 23.1 Å². The Morgan fingerprint density at radius 3 is 1.00 bits per heavy atom. The van der Waals surface area contributed by atoms with Crippen LogP contribution in [0.2, 0.25) is 0 Å². The number of phosphoric acid groups is 2. The normalized spacial score (nSPS) is 10.3. The third kappa shape index (κ3) is 23.8. The minimum absolute atomic E-state index is 0. The van der Waals surface area contributed by atoms with Crippen molar-refractivity contribution in [1.29, 1.82) is 0 Å². The molecular weight excluding hydrogens is 276 g/mol. The van der Waals surface area contributed by atoms with Crippen molar-refractivity contribution in [1.82, 2.24) is 0 Å². The molecule has 56 valence electrons. The molecule has 0 N–H and O–H groups in total. The number of rotatable bonds is 2. The fraction of sp³-hybridized carbons (Fsp3) is 0. The Kier molecular flexibility index (Phi) is 22.0. The van der Waals surface area contributed by atoms with E-state index in [1.165, 1.54) is 0 Å². The van der Waals surface area contributed by atoms with Crippen molar-refractivity contribution >= 4 is 38.7 Å². The van der Waals surface area contributed by atoms with E-state index in [4.69, 9.17) is 0 Å². The van der Waals surface area contributed by atoms with E-state index in [9.17, 15) is 28.7 Å². The Morgan fingerprint density at radius 2 is 1.00 bits per heavy atom. The van der Waals surface area contributed by atoms with Crippen molar-refractivity contribution in [3.8, 4) is 0 Å².